The molecular formula is C34H21N8Na3O14S3. The standard InChI is InChI=1S/C34H24N8O14S3.3Na/c43-29-16-24(58(51,52)53)13-18-12-23(57(48,49)50)15-26(31(18)29)38-40-28-17-27(33(44)32(34(28)45)41-36-20-6-9-22(10-7-20)42(46)47)39-37-21-8-11-25(30(14-21)59(54,55)56)35-19-4-2-1-3-5-19;;;/h1-17,35,43-45H,(H,48,49,50)(H,51,52,53)(H,54,55,56);;;/q;3*+1/p-3. The number of azo groups is 3. The fraction of sp³-hybridized carbons (Fsp3) is 0. The quantitative estimate of drug-likeness (QED) is 0.0360. The van der Waals surface area contributed by atoms with Gasteiger partial charge in [0.25, 0.3) is 5.69 Å². The third kappa shape index (κ3) is 12.5. The first-order valence-electron chi connectivity index (χ1n) is 15.9. The first-order chi connectivity index (χ1) is 27.7. The molecule has 6 aromatic carbocycles. The van der Waals surface area contributed by atoms with Crippen molar-refractivity contribution < 1.29 is 148 Å². The number of para-hydroxylation sites is 1. The molecule has 6 aromatic rings. The minimum atomic E-state index is -5.29. The summed E-state index contributed by atoms with van der Waals surface area (Å²) in [5, 5.41) is 69.1. The number of benzene rings is 6. The van der Waals surface area contributed by atoms with Crippen LogP contribution in [-0.2, 0) is 30.4 Å². The SMILES string of the molecule is O=[N+]([O-])c1ccc(N=Nc2c(O)c(N=Nc3ccc(Nc4ccccc4)c(S(=O)(=O)[O-])c3)cc(N=Nc3cc(S(=O)(=O)[O-])cc4cc(S(=O)(=O)[O-])cc(O)c34)c2O)cc1.[Na+].[Na+].[Na+]. The van der Waals surface area contributed by atoms with E-state index in [0.29, 0.717) is 30.0 Å². The predicted molar refractivity (Wildman–Crippen MR) is 201 cm³/mol. The summed E-state index contributed by atoms with van der Waals surface area (Å²) in [6, 6.07) is 19.5. The second kappa shape index (κ2) is 20.9. The molecule has 0 aliphatic rings. The van der Waals surface area contributed by atoms with Crippen LogP contribution in [0.5, 0.6) is 17.2 Å². The zero-order valence-corrected chi connectivity index (χ0v) is 40.5. The molecule has 0 amide bonds. The van der Waals surface area contributed by atoms with Gasteiger partial charge in [-0.2, -0.15) is 10.2 Å². The Balaban J connectivity index is 0.00000341. The average Bonchev–Trinajstić information content (AvgIpc) is 3.16. The molecule has 0 saturated heterocycles. The number of fused-ring (bicyclic) bond motifs is 1. The Hall–Kier alpha value is -4.29. The van der Waals surface area contributed by atoms with E-state index >= 15 is 0 Å². The number of hydrogen-bond acceptors (Lipinski definition) is 21. The molecule has 0 atom stereocenters. The zero-order valence-electron chi connectivity index (χ0n) is 32.0. The summed E-state index contributed by atoms with van der Waals surface area (Å²) in [7, 11) is -15.6. The summed E-state index contributed by atoms with van der Waals surface area (Å²) in [4.78, 5) is 7.68. The van der Waals surface area contributed by atoms with Crippen LogP contribution in [0.3, 0.4) is 0 Å². The Morgan fingerprint density at radius 3 is 1.61 bits per heavy atom. The minimum Gasteiger partial charge on any atom is -0.744 e. The van der Waals surface area contributed by atoms with Crippen molar-refractivity contribution in [2.45, 2.75) is 14.7 Å². The number of phenols is 3. The number of aromatic hydroxyl groups is 3. The van der Waals surface area contributed by atoms with Gasteiger partial charge in [0.2, 0.25) is 0 Å². The van der Waals surface area contributed by atoms with E-state index in [9.17, 15) is 64.3 Å². The molecule has 0 saturated carbocycles. The van der Waals surface area contributed by atoms with E-state index in [1.165, 1.54) is 24.3 Å². The van der Waals surface area contributed by atoms with E-state index in [1.54, 1.807) is 30.3 Å². The Bertz CT molecular complexity index is 3120. The molecule has 0 heterocycles. The van der Waals surface area contributed by atoms with E-state index in [0.717, 1.165) is 24.3 Å². The third-order valence-electron chi connectivity index (χ3n) is 7.89. The molecule has 0 aliphatic heterocycles. The monoisotopic (exact) mass is 930 g/mol. The van der Waals surface area contributed by atoms with E-state index < -0.39 is 101 Å². The number of anilines is 2. The molecule has 22 nitrogen and oxygen atoms in total. The average molecular weight is 931 g/mol. The summed E-state index contributed by atoms with van der Waals surface area (Å²) in [6.45, 7) is 0. The molecule has 0 aromatic heterocycles. The molecule has 0 spiro atoms. The predicted octanol–water partition coefficient (Wildman–Crippen LogP) is -1.42. The molecule has 0 radical (unpaired) electrons. The van der Waals surface area contributed by atoms with Crippen molar-refractivity contribution >= 4 is 92.3 Å². The molecule has 28 heteroatoms. The van der Waals surface area contributed by atoms with Gasteiger partial charge in [-0.25, -0.2) is 25.3 Å². The first kappa shape index (κ1) is 52.1. The van der Waals surface area contributed by atoms with Crippen molar-refractivity contribution in [1.82, 2.24) is 0 Å². The van der Waals surface area contributed by atoms with Crippen LogP contribution in [0.2, 0.25) is 0 Å². The van der Waals surface area contributed by atoms with Gasteiger partial charge in [-0.15, -0.1) is 20.5 Å². The summed E-state index contributed by atoms with van der Waals surface area (Å²) < 4.78 is 108. The number of nitro groups is 1. The van der Waals surface area contributed by atoms with Crippen LogP contribution >= 0.6 is 0 Å². The summed E-state index contributed by atoms with van der Waals surface area (Å²) >= 11 is 0. The topological polar surface area (TPSA) is 362 Å². The smallest absolute Gasteiger partial charge is 0.744 e. The Labute approximate surface area is 416 Å². The van der Waals surface area contributed by atoms with Crippen LogP contribution in [0.15, 0.2) is 149 Å². The number of nitro benzene ring substituents is 1. The molecular weight excluding hydrogens is 910 g/mol. The number of hydrogen-bond donors (Lipinski definition) is 4. The van der Waals surface area contributed by atoms with Gasteiger partial charge >= 0.3 is 88.7 Å². The van der Waals surface area contributed by atoms with Crippen LogP contribution in [0, 0.1) is 10.1 Å². The number of rotatable bonds is 12. The van der Waals surface area contributed by atoms with Gasteiger partial charge in [0.15, 0.2) is 17.2 Å². The minimum absolute atomic E-state index is 0. The number of nitrogens with zero attached hydrogens (tertiary/aromatic N) is 7. The van der Waals surface area contributed by atoms with Gasteiger partial charge in [-0.3, -0.25) is 10.1 Å². The summed E-state index contributed by atoms with van der Waals surface area (Å²) in [5.41, 5.74) is -2.79. The maximum atomic E-state index is 12.2. The molecule has 302 valence electrons. The van der Waals surface area contributed by atoms with Crippen molar-refractivity contribution in [3.63, 3.8) is 0 Å². The van der Waals surface area contributed by atoms with E-state index in [1.807, 2.05) is 0 Å². The number of non-ortho nitro benzene ring substituents is 1. The summed E-state index contributed by atoms with van der Waals surface area (Å²) in [6.07, 6.45) is 0. The summed E-state index contributed by atoms with van der Waals surface area (Å²) in [5.74, 6) is -2.82. The van der Waals surface area contributed by atoms with Gasteiger partial charge in [0, 0.05) is 23.9 Å². The van der Waals surface area contributed by atoms with E-state index in [-0.39, 0.29) is 111 Å². The van der Waals surface area contributed by atoms with Crippen LogP contribution in [0.25, 0.3) is 10.8 Å². The van der Waals surface area contributed by atoms with Crippen molar-refractivity contribution in [2.75, 3.05) is 5.32 Å². The molecule has 0 bridgehead atoms. The second-order valence-electron chi connectivity index (χ2n) is 11.9. The van der Waals surface area contributed by atoms with Crippen LogP contribution in [0.1, 0.15) is 0 Å². The number of phenolic OH excluding ortho intramolecular Hbond substituents is 3. The zero-order chi connectivity index (χ0) is 42.9. The second-order valence-corrected chi connectivity index (χ2v) is 16.0. The van der Waals surface area contributed by atoms with Gasteiger partial charge in [-0.1, -0.05) is 18.2 Å². The van der Waals surface area contributed by atoms with Crippen LogP contribution < -0.4 is 94.0 Å². The Morgan fingerprint density at radius 2 is 1.06 bits per heavy atom. The van der Waals surface area contributed by atoms with Gasteiger partial charge in [0.1, 0.15) is 47.5 Å². The van der Waals surface area contributed by atoms with Crippen molar-refractivity contribution in [3.8, 4) is 17.2 Å². The fourth-order valence-electron chi connectivity index (χ4n) is 5.18. The van der Waals surface area contributed by atoms with Gasteiger partial charge in [0.05, 0.1) is 47.7 Å². The molecule has 6 rings (SSSR count). The largest absolute Gasteiger partial charge is 1.00 e. The maximum Gasteiger partial charge on any atom is 1.00 e. The van der Waals surface area contributed by atoms with Crippen LogP contribution in [0.4, 0.5) is 51.2 Å². The fourth-order valence-corrected chi connectivity index (χ4v) is 6.89. The molecule has 0 fully saturated rings. The van der Waals surface area contributed by atoms with Gasteiger partial charge in [-0.05, 0) is 72.1 Å². The maximum absolute atomic E-state index is 12.2. The van der Waals surface area contributed by atoms with Crippen molar-refractivity contribution in [2.24, 2.45) is 30.7 Å². The van der Waals surface area contributed by atoms with E-state index in [4.69, 9.17) is 0 Å². The Morgan fingerprint density at radius 1 is 0.548 bits per heavy atom. The van der Waals surface area contributed by atoms with Crippen molar-refractivity contribution in [3.05, 3.63) is 113 Å². The third-order valence-corrected chi connectivity index (χ3v) is 10.4. The normalized spacial score (nSPS) is 11.9. The molecule has 0 unspecified atom stereocenters. The molecule has 4 N–H and O–H groups in total. The van der Waals surface area contributed by atoms with E-state index in [2.05, 4.69) is 36.0 Å². The Kier molecular flexibility index (Phi) is 17.6. The van der Waals surface area contributed by atoms with Crippen molar-refractivity contribution in [1.29, 1.82) is 0 Å². The molecule has 0 aliphatic carbocycles. The first-order valence-corrected chi connectivity index (χ1v) is 20.1. The molecule has 62 heavy (non-hydrogen) atoms. The van der Waals surface area contributed by atoms with Crippen LogP contribution in [-0.4, -0.2) is 59.2 Å². The van der Waals surface area contributed by atoms with Gasteiger partial charge < -0.3 is 34.3 Å². The number of nitrogens with one attached hydrogen (secondary N) is 1.